The van der Waals surface area contributed by atoms with Crippen molar-refractivity contribution in [1.29, 1.82) is 0 Å². The summed E-state index contributed by atoms with van der Waals surface area (Å²) in [5, 5.41) is 3.38. The largest absolute Gasteiger partial charge is 0.491 e. The maximum absolute atomic E-state index is 12.0. The molecule has 6 nitrogen and oxygen atoms in total. The number of carbonyl (C=O) groups excluding carboxylic acids is 1. The van der Waals surface area contributed by atoms with Gasteiger partial charge in [-0.25, -0.2) is 4.98 Å². The molecule has 0 radical (unpaired) electrons. The summed E-state index contributed by atoms with van der Waals surface area (Å²) in [5.41, 5.74) is 5.43. The molecule has 7 heteroatoms. The normalized spacial score (nSPS) is 11.5. The van der Waals surface area contributed by atoms with Gasteiger partial charge in [0.15, 0.2) is 0 Å². The summed E-state index contributed by atoms with van der Waals surface area (Å²) in [4.78, 5) is 16.4. The van der Waals surface area contributed by atoms with Crippen molar-refractivity contribution in [2.45, 2.75) is 39.7 Å². The van der Waals surface area contributed by atoms with E-state index in [0.717, 1.165) is 22.4 Å². The molecule has 2 aromatic carbocycles. The van der Waals surface area contributed by atoms with Crippen molar-refractivity contribution in [3.8, 4) is 34.6 Å². The first-order chi connectivity index (χ1) is 19.0. The van der Waals surface area contributed by atoms with Crippen molar-refractivity contribution in [1.82, 2.24) is 4.98 Å². The van der Waals surface area contributed by atoms with E-state index in [-0.39, 0.29) is 18.3 Å². The lowest BCUT2D eigenvalue weighted by atomic mass is 9.98. The second-order valence-electron chi connectivity index (χ2n) is 8.97. The summed E-state index contributed by atoms with van der Waals surface area (Å²) >= 11 is 1.73. The van der Waals surface area contributed by atoms with E-state index in [4.69, 9.17) is 18.9 Å². The maximum Gasteiger partial charge on any atom is 0.307 e. The van der Waals surface area contributed by atoms with Crippen LogP contribution in [-0.2, 0) is 20.9 Å². The Kier molecular flexibility index (Phi) is 9.96. The molecule has 2 aromatic heterocycles. The third-order valence-corrected chi connectivity index (χ3v) is 7.20. The standard InChI is InChI=1S/C32H33NO5S/c1-5-7-24(17-32(34)36-6-2)25-10-13-31(33-19-25)38-20-23-9-12-30-28(16-23)29(21-39-30)27-18-26(11-8-22(27)3)37-15-14-35-4/h8-13,16,18-19,21,24H,6,14-15,17,20H2,1-4H3/t24-/m0/s1. The Morgan fingerprint density at radius 2 is 1.92 bits per heavy atom. The Bertz CT molecular complexity index is 1470. The third kappa shape index (κ3) is 7.38. The molecule has 0 bridgehead atoms. The van der Waals surface area contributed by atoms with Crippen molar-refractivity contribution in [3.63, 3.8) is 0 Å². The smallest absolute Gasteiger partial charge is 0.307 e. The number of aryl methyl sites for hydroxylation is 1. The Hall–Kier alpha value is -3.86. The van der Waals surface area contributed by atoms with Crippen LogP contribution in [0.25, 0.3) is 21.2 Å². The van der Waals surface area contributed by atoms with E-state index in [1.54, 1.807) is 38.5 Å². The lowest BCUT2D eigenvalue weighted by Crippen LogP contribution is -2.10. The van der Waals surface area contributed by atoms with Gasteiger partial charge < -0.3 is 18.9 Å². The quantitative estimate of drug-likeness (QED) is 0.110. The molecule has 4 aromatic rings. The van der Waals surface area contributed by atoms with Gasteiger partial charge in [0.05, 0.1) is 25.6 Å². The number of aromatic nitrogens is 1. The van der Waals surface area contributed by atoms with Crippen molar-refractivity contribution in [2.75, 3.05) is 26.9 Å². The molecular formula is C32H33NO5S. The number of benzene rings is 2. The Labute approximate surface area is 233 Å². The van der Waals surface area contributed by atoms with Crippen LogP contribution in [0, 0.1) is 18.8 Å². The van der Waals surface area contributed by atoms with Gasteiger partial charge in [0.25, 0.3) is 0 Å². The molecule has 2 heterocycles. The zero-order valence-corrected chi connectivity index (χ0v) is 23.6. The lowest BCUT2D eigenvalue weighted by Gasteiger charge is -2.12. The number of hydrogen-bond donors (Lipinski definition) is 0. The molecule has 0 aliphatic rings. The minimum atomic E-state index is -0.269. The first kappa shape index (κ1) is 28.2. The Morgan fingerprint density at radius 1 is 1.05 bits per heavy atom. The molecule has 39 heavy (non-hydrogen) atoms. The molecule has 0 saturated carbocycles. The minimum absolute atomic E-state index is 0.196. The maximum atomic E-state index is 12.0. The van der Waals surface area contributed by atoms with Gasteiger partial charge in [-0.1, -0.05) is 24.1 Å². The predicted octanol–water partition coefficient (Wildman–Crippen LogP) is 6.94. The fourth-order valence-electron chi connectivity index (χ4n) is 4.25. The van der Waals surface area contributed by atoms with E-state index >= 15 is 0 Å². The van der Waals surface area contributed by atoms with Crippen LogP contribution < -0.4 is 9.47 Å². The van der Waals surface area contributed by atoms with E-state index in [2.05, 4.69) is 59.5 Å². The first-order valence-corrected chi connectivity index (χ1v) is 13.8. The van der Waals surface area contributed by atoms with Crippen LogP contribution >= 0.6 is 11.3 Å². The van der Waals surface area contributed by atoms with Crippen molar-refractivity contribution < 1.29 is 23.7 Å². The SMILES string of the molecule is CC#C[C@@H](CC(=O)OCC)c1ccc(OCc2ccc3scc(-c4cc(OCCOC)ccc4C)c3c2)nc1. The molecule has 0 spiro atoms. The third-order valence-electron chi connectivity index (χ3n) is 6.24. The van der Waals surface area contributed by atoms with Gasteiger partial charge in [-0.2, -0.15) is 0 Å². The molecule has 202 valence electrons. The van der Waals surface area contributed by atoms with Crippen LogP contribution in [0.2, 0.25) is 0 Å². The van der Waals surface area contributed by atoms with Gasteiger partial charge >= 0.3 is 5.97 Å². The predicted molar refractivity (Wildman–Crippen MR) is 155 cm³/mol. The number of thiophene rings is 1. The molecule has 0 amide bonds. The summed E-state index contributed by atoms with van der Waals surface area (Å²) in [5.74, 6) is 6.78. The van der Waals surface area contributed by atoms with E-state index in [0.29, 0.717) is 32.3 Å². The fraction of sp³-hybridized carbons (Fsp3) is 0.312. The fourth-order valence-corrected chi connectivity index (χ4v) is 5.19. The zero-order chi connectivity index (χ0) is 27.6. The van der Waals surface area contributed by atoms with Crippen molar-refractivity contribution in [3.05, 3.63) is 76.8 Å². The molecule has 0 saturated heterocycles. The highest BCUT2D eigenvalue weighted by atomic mass is 32.1. The molecule has 0 unspecified atom stereocenters. The molecule has 0 N–H and O–H groups in total. The molecule has 0 aliphatic heterocycles. The molecule has 1 atom stereocenters. The van der Waals surface area contributed by atoms with Crippen LogP contribution in [0.15, 0.2) is 60.1 Å². The molecule has 0 fully saturated rings. The topological polar surface area (TPSA) is 66.9 Å². The molecular weight excluding hydrogens is 510 g/mol. The van der Waals surface area contributed by atoms with Crippen molar-refractivity contribution in [2.24, 2.45) is 0 Å². The number of methoxy groups -OCH3 is 1. The lowest BCUT2D eigenvalue weighted by molar-refractivity contribution is -0.143. The zero-order valence-electron chi connectivity index (χ0n) is 22.8. The number of nitrogens with zero attached hydrogens (tertiary/aromatic N) is 1. The van der Waals surface area contributed by atoms with E-state index in [1.165, 1.54) is 21.2 Å². The highest BCUT2D eigenvalue weighted by Gasteiger charge is 2.16. The second kappa shape index (κ2) is 13.8. The number of fused-ring (bicyclic) bond motifs is 1. The summed E-state index contributed by atoms with van der Waals surface area (Å²) in [6.07, 6.45) is 1.91. The average Bonchev–Trinajstić information content (AvgIpc) is 3.36. The number of esters is 1. The number of pyridine rings is 1. The highest BCUT2D eigenvalue weighted by Crippen LogP contribution is 2.37. The van der Waals surface area contributed by atoms with E-state index < -0.39 is 0 Å². The van der Waals surface area contributed by atoms with E-state index in [9.17, 15) is 4.79 Å². The van der Waals surface area contributed by atoms with Crippen LogP contribution in [0.1, 0.15) is 42.9 Å². The summed E-state index contributed by atoms with van der Waals surface area (Å²) in [6.45, 7) is 7.46. The van der Waals surface area contributed by atoms with Crippen molar-refractivity contribution >= 4 is 27.4 Å². The number of carbonyl (C=O) groups is 1. The van der Waals surface area contributed by atoms with Gasteiger partial charge in [0, 0.05) is 35.0 Å². The van der Waals surface area contributed by atoms with Gasteiger partial charge in [-0.15, -0.1) is 17.3 Å². The number of hydrogen-bond acceptors (Lipinski definition) is 7. The summed E-state index contributed by atoms with van der Waals surface area (Å²) in [7, 11) is 1.67. The van der Waals surface area contributed by atoms with Crippen LogP contribution in [-0.4, -0.2) is 37.9 Å². The molecule has 4 rings (SSSR count). The van der Waals surface area contributed by atoms with Gasteiger partial charge in [0.2, 0.25) is 5.88 Å². The Balaban J connectivity index is 1.48. The number of ether oxygens (including phenoxy) is 4. The van der Waals surface area contributed by atoms with Crippen LogP contribution in [0.3, 0.4) is 0 Å². The monoisotopic (exact) mass is 543 g/mol. The van der Waals surface area contributed by atoms with E-state index in [1.807, 2.05) is 18.2 Å². The minimum Gasteiger partial charge on any atom is -0.491 e. The van der Waals surface area contributed by atoms with Gasteiger partial charge in [-0.05, 0) is 72.7 Å². The van der Waals surface area contributed by atoms with Gasteiger partial charge in [-0.3, -0.25) is 4.79 Å². The second-order valence-corrected chi connectivity index (χ2v) is 9.88. The number of rotatable bonds is 12. The summed E-state index contributed by atoms with van der Waals surface area (Å²) in [6, 6.07) is 16.3. The summed E-state index contributed by atoms with van der Waals surface area (Å²) < 4.78 is 23.3. The van der Waals surface area contributed by atoms with Crippen LogP contribution in [0.5, 0.6) is 11.6 Å². The average molecular weight is 544 g/mol. The van der Waals surface area contributed by atoms with Gasteiger partial charge in [0.1, 0.15) is 19.0 Å². The Morgan fingerprint density at radius 3 is 2.67 bits per heavy atom. The van der Waals surface area contributed by atoms with Crippen LogP contribution in [0.4, 0.5) is 0 Å². The highest BCUT2D eigenvalue weighted by molar-refractivity contribution is 7.17. The first-order valence-electron chi connectivity index (χ1n) is 12.9. The molecule has 0 aliphatic carbocycles.